The van der Waals surface area contributed by atoms with Gasteiger partial charge in [0, 0.05) is 18.4 Å². The molecule has 0 unspecified atom stereocenters. The Bertz CT molecular complexity index is 1090. The van der Waals surface area contributed by atoms with Gasteiger partial charge in [-0.3, -0.25) is 4.40 Å². The monoisotopic (exact) mass is 351 g/mol. The Kier molecular flexibility index (Phi) is 3.37. The van der Waals surface area contributed by atoms with Gasteiger partial charge in [-0.1, -0.05) is 0 Å². The molecule has 1 aliphatic heterocycles. The van der Waals surface area contributed by atoms with Crippen LogP contribution in [0.25, 0.3) is 11.3 Å². The van der Waals surface area contributed by atoms with Crippen molar-refractivity contribution in [3.05, 3.63) is 60.1 Å². The Morgan fingerprint density at radius 2 is 2.15 bits per heavy atom. The number of rotatable bonds is 4. The Labute approximate surface area is 147 Å². The number of benzene rings is 1. The molecule has 3 aromatic heterocycles. The average Bonchev–Trinajstić information content (AvgIpc) is 3.40. The van der Waals surface area contributed by atoms with Crippen LogP contribution in [0.5, 0.6) is 5.75 Å². The van der Waals surface area contributed by atoms with Gasteiger partial charge in [0.25, 0.3) is 0 Å². The minimum Gasteiger partial charge on any atom is -0.493 e. The van der Waals surface area contributed by atoms with Crippen molar-refractivity contribution < 1.29 is 9.13 Å². The van der Waals surface area contributed by atoms with Gasteiger partial charge in [-0.2, -0.15) is 5.10 Å². The number of aryl methyl sites for hydroxylation is 1. The number of nitrogens with zero attached hydrogens (tertiary/aromatic N) is 7. The predicted octanol–water partition coefficient (Wildman–Crippen LogP) is 1.56. The predicted molar refractivity (Wildman–Crippen MR) is 88.7 cm³/mol. The van der Waals surface area contributed by atoms with Crippen LogP contribution in [0.3, 0.4) is 0 Å². The van der Waals surface area contributed by atoms with Crippen LogP contribution in [0.1, 0.15) is 17.0 Å². The van der Waals surface area contributed by atoms with Crippen LogP contribution in [0.15, 0.2) is 37.3 Å². The highest BCUT2D eigenvalue weighted by molar-refractivity contribution is 5.56. The summed E-state index contributed by atoms with van der Waals surface area (Å²) in [5.74, 6) is 1.34. The Morgan fingerprint density at radius 1 is 1.19 bits per heavy atom. The molecule has 0 spiro atoms. The van der Waals surface area contributed by atoms with Crippen molar-refractivity contribution in [3.8, 4) is 11.4 Å². The van der Waals surface area contributed by atoms with E-state index in [2.05, 4.69) is 25.3 Å². The molecule has 0 bridgehead atoms. The van der Waals surface area contributed by atoms with Crippen LogP contribution < -0.4 is 4.74 Å². The summed E-state index contributed by atoms with van der Waals surface area (Å²) in [7, 11) is 0. The molecule has 1 aliphatic rings. The van der Waals surface area contributed by atoms with Gasteiger partial charge >= 0.3 is 0 Å². The van der Waals surface area contributed by atoms with E-state index in [9.17, 15) is 4.39 Å². The van der Waals surface area contributed by atoms with Gasteiger partial charge in [0.1, 0.15) is 42.1 Å². The van der Waals surface area contributed by atoms with Gasteiger partial charge in [0.2, 0.25) is 0 Å². The maximum atomic E-state index is 14.3. The third-order valence-corrected chi connectivity index (χ3v) is 4.60. The van der Waals surface area contributed by atoms with Crippen molar-refractivity contribution in [3.63, 3.8) is 0 Å². The van der Waals surface area contributed by atoms with E-state index < -0.39 is 0 Å². The molecule has 0 N–H and O–H groups in total. The second-order valence-corrected chi connectivity index (χ2v) is 6.03. The number of ether oxygens (including phenoxy) is 1. The van der Waals surface area contributed by atoms with Crippen molar-refractivity contribution in [2.45, 2.75) is 19.3 Å². The second-order valence-electron chi connectivity index (χ2n) is 6.03. The maximum absolute atomic E-state index is 14.3. The van der Waals surface area contributed by atoms with E-state index in [1.165, 1.54) is 12.4 Å². The summed E-state index contributed by atoms with van der Waals surface area (Å²) in [5.41, 5.74) is 2.97. The average molecular weight is 351 g/mol. The lowest BCUT2D eigenvalue weighted by molar-refractivity contribution is 0.356. The molecule has 4 aromatic rings. The lowest BCUT2D eigenvalue weighted by atomic mass is 10.00. The third kappa shape index (κ3) is 2.32. The largest absolute Gasteiger partial charge is 0.493 e. The molecule has 5 rings (SSSR count). The highest BCUT2D eigenvalue weighted by Gasteiger charge is 2.20. The van der Waals surface area contributed by atoms with Gasteiger partial charge in [0.15, 0.2) is 5.65 Å². The summed E-state index contributed by atoms with van der Waals surface area (Å²) in [6.45, 7) is 0.603. The highest BCUT2D eigenvalue weighted by atomic mass is 19.1. The van der Waals surface area contributed by atoms with Crippen molar-refractivity contribution >= 4 is 5.65 Å². The molecule has 0 fully saturated rings. The van der Waals surface area contributed by atoms with Crippen LogP contribution in [0.2, 0.25) is 0 Å². The number of aromatic nitrogens is 7. The van der Waals surface area contributed by atoms with E-state index in [4.69, 9.17) is 4.74 Å². The Balaban J connectivity index is 1.49. The SMILES string of the molecule is Fc1ccc2c(c1CCc1ncc(-n3cncn3)c3nncn13)CCO2. The first-order chi connectivity index (χ1) is 12.8. The van der Waals surface area contributed by atoms with Crippen molar-refractivity contribution in [1.29, 1.82) is 0 Å². The lowest BCUT2D eigenvalue weighted by Gasteiger charge is -2.10. The first-order valence-electron chi connectivity index (χ1n) is 8.27. The van der Waals surface area contributed by atoms with E-state index in [1.807, 2.05) is 0 Å². The summed E-state index contributed by atoms with van der Waals surface area (Å²) in [6.07, 6.45) is 8.13. The van der Waals surface area contributed by atoms with E-state index in [0.717, 1.165) is 23.6 Å². The fourth-order valence-corrected chi connectivity index (χ4v) is 3.36. The van der Waals surface area contributed by atoms with Crippen LogP contribution in [0.4, 0.5) is 4.39 Å². The number of fused-ring (bicyclic) bond motifs is 2. The van der Waals surface area contributed by atoms with Crippen molar-refractivity contribution in [2.75, 3.05) is 6.61 Å². The fraction of sp³-hybridized carbons (Fsp3) is 0.235. The maximum Gasteiger partial charge on any atom is 0.189 e. The number of halogens is 1. The number of hydrogen-bond donors (Lipinski definition) is 0. The van der Waals surface area contributed by atoms with E-state index in [-0.39, 0.29) is 5.82 Å². The van der Waals surface area contributed by atoms with E-state index in [0.29, 0.717) is 36.3 Å². The van der Waals surface area contributed by atoms with E-state index >= 15 is 0 Å². The molecule has 9 heteroatoms. The van der Waals surface area contributed by atoms with Crippen LogP contribution in [0, 0.1) is 5.82 Å². The van der Waals surface area contributed by atoms with Gasteiger partial charge in [-0.25, -0.2) is 19.0 Å². The van der Waals surface area contributed by atoms with Gasteiger partial charge in [-0.05, 0) is 24.1 Å². The molecule has 4 heterocycles. The van der Waals surface area contributed by atoms with E-state index in [1.54, 1.807) is 34.0 Å². The molecule has 130 valence electrons. The molecule has 0 radical (unpaired) electrons. The summed E-state index contributed by atoms with van der Waals surface area (Å²) in [6, 6.07) is 3.17. The lowest BCUT2D eigenvalue weighted by Crippen LogP contribution is -2.08. The van der Waals surface area contributed by atoms with Gasteiger partial charge in [-0.15, -0.1) is 10.2 Å². The Hall–Kier alpha value is -3.36. The topological polar surface area (TPSA) is 83.0 Å². The van der Waals surface area contributed by atoms with Crippen molar-refractivity contribution in [1.82, 2.24) is 34.3 Å². The zero-order valence-corrected chi connectivity index (χ0v) is 13.7. The third-order valence-electron chi connectivity index (χ3n) is 4.60. The molecule has 0 aliphatic carbocycles. The minimum atomic E-state index is -0.200. The summed E-state index contributed by atoms with van der Waals surface area (Å²) in [4.78, 5) is 8.46. The highest BCUT2D eigenvalue weighted by Crippen LogP contribution is 2.31. The van der Waals surface area contributed by atoms with Gasteiger partial charge in [0.05, 0.1) is 12.8 Å². The molecule has 0 atom stereocenters. The Morgan fingerprint density at radius 3 is 3.04 bits per heavy atom. The zero-order valence-electron chi connectivity index (χ0n) is 13.7. The molecule has 0 saturated heterocycles. The molecule has 0 amide bonds. The molecule has 1 aromatic carbocycles. The molecular weight excluding hydrogens is 337 g/mol. The second kappa shape index (κ2) is 5.87. The normalized spacial score (nSPS) is 13.1. The summed E-state index contributed by atoms with van der Waals surface area (Å²) >= 11 is 0. The van der Waals surface area contributed by atoms with Crippen molar-refractivity contribution in [2.24, 2.45) is 0 Å². The first-order valence-corrected chi connectivity index (χ1v) is 8.27. The first kappa shape index (κ1) is 14.9. The molecule has 0 saturated carbocycles. The van der Waals surface area contributed by atoms with Crippen LogP contribution >= 0.6 is 0 Å². The van der Waals surface area contributed by atoms with Crippen LogP contribution in [-0.2, 0) is 19.3 Å². The summed E-state index contributed by atoms with van der Waals surface area (Å²) in [5, 5.41) is 12.2. The summed E-state index contributed by atoms with van der Waals surface area (Å²) < 4.78 is 23.2. The zero-order chi connectivity index (χ0) is 17.5. The minimum absolute atomic E-state index is 0.200. The molecule has 8 nitrogen and oxygen atoms in total. The fourth-order valence-electron chi connectivity index (χ4n) is 3.36. The standard InChI is InChI=1S/C17H14FN7O/c18-13-2-3-15-12(5-6-26-15)11(13)1-4-16-20-7-14(25-9-19-8-22-25)17-23-21-10-24(16)17/h2-3,7-10H,1,4-6H2. The quantitative estimate of drug-likeness (QED) is 0.555. The van der Waals surface area contributed by atoms with Gasteiger partial charge < -0.3 is 4.74 Å². The number of hydrogen-bond acceptors (Lipinski definition) is 6. The van der Waals surface area contributed by atoms with Crippen LogP contribution in [-0.4, -0.2) is 41.0 Å². The molecule has 26 heavy (non-hydrogen) atoms. The smallest absolute Gasteiger partial charge is 0.189 e. The molecular formula is C17H14FN7O.